The van der Waals surface area contributed by atoms with E-state index in [0.717, 1.165) is 0 Å². The third-order valence-corrected chi connectivity index (χ3v) is 10.3. The molecule has 12 nitrogen and oxygen atoms in total. The van der Waals surface area contributed by atoms with Crippen LogP contribution in [-0.4, -0.2) is 86.5 Å². The molecular formula is C27H28O12S. The summed E-state index contributed by atoms with van der Waals surface area (Å²) in [6.45, 7) is 6.74. The Hall–Kier alpha value is -2.84. The molecule has 4 heterocycles. The van der Waals surface area contributed by atoms with Gasteiger partial charge in [0, 0.05) is 18.1 Å². The second-order valence-electron chi connectivity index (χ2n) is 12.5. The van der Waals surface area contributed by atoms with Gasteiger partial charge in [0.1, 0.15) is 23.4 Å². The minimum atomic E-state index is -2.45. The summed E-state index contributed by atoms with van der Waals surface area (Å²) in [5.74, 6) is -4.89. The molecule has 6 aliphatic rings. The van der Waals surface area contributed by atoms with Crippen molar-refractivity contribution in [1.29, 1.82) is 0 Å². The lowest BCUT2D eigenvalue weighted by molar-refractivity contribution is -0.240. The molecule has 1 aromatic carbocycles. The average molecular weight is 577 g/mol. The number of thiocarbonyl (C=S) groups is 1. The van der Waals surface area contributed by atoms with Crippen molar-refractivity contribution in [2.24, 2.45) is 28.1 Å². The van der Waals surface area contributed by atoms with Gasteiger partial charge in [-0.15, -0.1) is 0 Å². The standard InChI is InChI=1S/C27H28O12S/c1-10-18(30)35-16-14(29)25-15-12(28)13(23(2,3)4)24(25)17(37-22(40)34-11-8-6-5-7-9-11)19(31)38-21(24)39-27(25,20(32)36-15)26(10,16)33/h5-10,12-17,21,28-29,33H,1-4H3/t10-,12-,13?,14?,15?,16?,17+,21+,24?,25?,26-,27?/m1/s1. The van der Waals surface area contributed by atoms with Crippen LogP contribution in [0.4, 0.5) is 0 Å². The van der Waals surface area contributed by atoms with E-state index in [-0.39, 0.29) is 0 Å². The highest BCUT2D eigenvalue weighted by atomic mass is 32.1. The van der Waals surface area contributed by atoms with Crippen LogP contribution < -0.4 is 4.74 Å². The van der Waals surface area contributed by atoms with Crippen molar-refractivity contribution in [2.45, 2.75) is 75.7 Å². The lowest BCUT2D eigenvalue weighted by atomic mass is 9.51. The number of hydrogen-bond acceptors (Lipinski definition) is 13. The molecule has 0 radical (unpaired) electrons. The van der Waals surface area contributed by atoms with Crippen molar-refractivity contribution in [3.8, 4) is 5.75 Å². The van der Waals surface area contributed by atoms with Gasteiger partial charge in [-0.3, -0.25) is 4.79 Å². The summed E-state index contributed by atoms with van der Waals surface area (Å²) < 4.78 is 34.8. The van der Waals surface area contributed by atoms with Crippen molar-refractivity contribution in [1.82, 2.24) is 0 Å². The summed E-state index contributed by atoms with van der Waals surface area (Å²) in [4.78, 5) is 40.1. The molecule has 1 aromatic rings. The molecule has 0 aromatic heterocycles. The Balaban J connectivity index is 1.46. The molecule has 7 unspecified atom stereocenters. The Bertz CT molecular complexity index is 1360. The topological polar surface area (TPSA) is 167 Å². The Morgan fingerprint density at radius 2 is 1.68 bits per heavy atom. The van der Waals surface area contributed by atoms with Crippen LogP contribution in [0.5, 0.6) is 5.75 Å². The summed E-state index contributed by atoms with van der Waals surface area (Å²) in [5, 5.41) is 35.7. The van der Waals surface area contributed by atoms with Gasteiger partial charge in [-0.05, 0) is 24.5 Å². The fourth-order valence-electron chi connectivity index (χ4n) is 9.09. The molecule has 0 bridgehead atoms. The maximum atomic E-state index is 13.8. The van der Waals surface area contributed by atoms with Gasteiger partial charge in [0.05, 0.1) is 17.4 Å². The zero-order valence-corrected chi connectivity index (χ0v) is 22.7. The van der Waals surface area contributed by atoms with Gasteiger partial charge in [0.25, 0.3) is 0 Å². The summed E-state index contributed by atoms with van der Waals surface area (Å²) in [6.07, 6.45) is -9.67. The van der Waals surface area contributed by atoms with Gasteiger partial charge in [-0.2, -0.15) is 0 Å². The van der Waals surface area contributed by atoms with E-state index in [1.165, 1.54) is 6.92 Å². The van der Waals surface area contributed by atoms with E-state index in [1.54, 1.807) is 51.1 Å². The fourth-order valence-corrected chi connectivity index (χ4v) is 9.28. The number of para-hydroxylation sites is 1. The maximum Gasteiger partial charge on any atom is 0.358 e. The third kappa shape index (κ3) is 2.38. The first-order chi connectivity index (χ1) is 18.7. The van der Waals surface area contributed by atoms with Crippen molar-refractivity contribution in [2.75, 3.05) is 0 Å². The molecule has 3 N–H and O–H groups in total. The fraction of sp³-hybridized carbons (Fsp3) is 0.630. The van der Waals surface area contributed by atoms with E-state index in [0.29, 0.717) is 5.75 Å². The van der Waals surface area contributed by atoms with Gasteiger partial charge < -0.3 is 43.7 Å². The predicted octanol–water partition coefficient (Wildman–Crippen LogP) is -0.0105. The van der Waals surface area contributed by atoms with E-state index >= 15 is 0 Å². The van der Waals surface area contributed by atoms with E-state index in [9.17, 15) is 29.7 Å². The van der Waals surface area contributed by atoms with Crippen molar-refractivity contribution in [3.63, 3.8) is 0 Å². The van der Waals surface area contributed by atoms with Crippen molar-refractivity contribution < 1.29 is 58.1 Å². The van der Waals surface area contributed by atoms with E-state index < -0.39 is 99.2 Å². The van der Waals surface area contributed by atoms with E-state index in [4.69, 9.17) is 40.6 Å². The molecule has 4 aliphatic heterocycles. The lowest BCUT2D eigenvalue weighted by Gasteiger charge is -2.48. The number of rotatable bonds is 2. The van der Waals surface area contributed by atoms with E-state index in [2.05, 4.69) is 0 Å². The number of aliphatic hydroxyl groups is 3. The highest BCUT2D eigenvalue weighted by Crippen LogP contribution is 2.84. The van der Waals surface area contributed by atoms with Gasteiger partial charge in [0.2, 0.25) is 18.0 Å². The molecular weight excluding hydrogens is 548 g/mol. The van der Waals surface area contributed by atoms with Gasteiger partial charge in [-0.1, -0.05) is 39.0 Å². The first-order valence-electron chi connectivity index (χ1n) is 13.0. The highest BCUT2D eigenvalue weighted by molar-refractivity contribution is 7.79. The summed E-state index contributed by atoms with van der Waals surface area (Å²) in [5.41, 5.74) is -9.61. The number of aliphatic hydroxyl groups excluding tert-OH is 2. The van der Waals surface area contributed by atoms with Gasteiger partial charge in [0.15, 0.2) is 11.7 Å². The monoisotopic (exact) mass is 576 g/mol. The quantitative estimate of drug-likeness (QED) is 0.245. The molecule has 40 heavy (non-hydrogen) atoms. The zero-order chi connectivity index (χ0) is 28.8. The number of benzene rings is 1. The van der Waals surface area contributed by atoms with E-state index in [1.807, 2.05) is 0 Å². The normalized spacial score (nSPS) is 49.5. The number of carbonyl (C=O) groups excluding carboxylic acids is 3. The van der Waals surface area contributed by atoms with Crippen LogP contribution in [0.1, 0.15) is 27.7 Å². The third-order valence-electron chi connectivity index (χ3n) is 10.1. The first-order valence-corrected chi connectivity index (χ1v) is 13.4. The highest BCUT2D eigenvalue weighted by Gasteiger charge is 3.05. The molecule has 12 atom stereocenters. The Morgan fingerprint density at radius 1 is 1.00 bits per heavy atom. The lowest BCUT2D eigenvalue weighted by Crippen LogP contribution is -2.67. The molecule has 2 aliphatic carbocycles. The van der Waals surface area contributed by atoms with Gasteiger partial charge >= 0.3 is 23.1 Å². The van der Waals surface area contributed by atoms with Crippen LogP contribution in [0, 0.1) is 28.1 Å². The molecule has 0 amide bonds. The Kier molecular flexibility index (Phi) is 4.90. The van der Waals surface area contributed by atoms with Crippen LogP contribution in [0.15, 0.2) is 30.3 Å². The minimum absolute atomic E-state index is 0.324. The van der Waals surface area contributed by atoms with Crippen LogP contribution in [-0.2, 0) is 38.1 Å². The average Bonchev–Trinajstić information content (AvgIpc) is 3.57. The predicted molar refractivity (Wildman–Crippen MR) is 132 cm³/mol. The molecule has 214 valence electrons. The zero-order valence-electron chi connectivity index (χ0n) is 21.9. The summed E-state index contributed by atoms with van der Waals surface area (Å²) in [6, 6.07) is 8.43. The number of fused-ring (bicyclic) bond motifs is 1. The summed E-state index contributed by atoms with van der Waals surface area (Å²) >= 11 is 5.35. The van der Waals surface area contributed by atoms with Crippen LogP contribution in [0.3, 0.4) is 0 Å². The Morgan fingerprint density at radius 3 is 2.33 bits per heavy atom. The van der Waals surface area contributed by atoms with Crippen LogP contribution in [0.25, 0.3) is 0 Å². The first kappa shape index (κ1) is 26.1. The second kappa shape index (κ2) is 7.51. The second-order valence-corrected chi connectivity index (χ2v) is 12.9. The molecule has 2 saturated carbocycles. The minimum Gasteiger partial charge on any atom is -0.456 e. The SMILES string of the molecule is C[C@@H]1C(=O)OC2C(O)C34C5OC(=O)C3(O[C@@H]3OC(=O)[C@H](OC(=S)Oc6ccccc6)C34C(C(C)(C)C)[C@H]5O)[C@]21O. The smallest absolute Gasteiger partial charge is 0.358 e. The molecule has 13 heteroatoms. The molecule has 7 rings (SSSR count). The van der Waals surface area contributed by atoms with Crippen molar-refractivity contribution >= 4 is 35.4 Å². The molecule has 6 fully saturated rings. The van der Waals surface area contributed by atoms with Crippen molar-refractivity contribution in [3.05, 3.63) is 30.3 Å². The van der Waals surface area contributed by atoms with Gasteiger partial charge in [-0.25, -0.2) is 9.59 Å². The van der Waals surface area contributed by atoms with Crippen LogP contribution in [0.2, 0.25) is 0 Å². The molecule has 4 saturated heterocycles. The van der Waals surface area contributed by atoms with Crippen LogP contribution >= 0.6 is 12.2 Å². The number of carbonyl (C=O) groups is 3. The largest absolute Gasteiger partial charge is 0.456 e. The summed E-state index contributed by atoms with van der Waals surface area (Å²) in [7, 11) is 0. The number of esters is 3. The number of ether oxygens (including phenoxy) is 6. The number of hydrogen-bond donors (Lipinski definition) is 3. The maximum absolute atomic E-state index is 13.8. The molecule has 2 spiro atoms. The Labute approximate surface area is 233 Å².